The normalized spacial score (nSPS) is 11.0. The quantitative estimate of drug-likeness (QED) is 0.698. The van der Waals surface area contributed by atoms with E-state index in [1.165, 1.54) is 0 Å². The maximum Gasteiger partial charge on any atom is 0.230 e. The number of pyridine rings is 1. The summed E-state index contributed by atoms with van der Waals surface area (Å²) in [6.45, 7) is 1.92. The molecule has 0 radical (unpaired) electrons. The molecule has 2 heterocycles. The van der Waals surface area contributed by atoms with Crippen molar-refractivity contribution in [3.8, 4) is 11.5 Å². The van der Waals surface area contributed by atoms with Gasteiger partial charge in [-0.05, 0) is 37.3 Å². The number of aromatic nitrogens is 2. The Morgan fingerprint density at radius 2 is 2.00 bits per heavy atom. The number of hydrogen-bond donors (Lipinski definition) is 1. The predicted molar refractivity (Wildman–Crippen MR) is 74.1 cm³/mol. The van der Waals surface area contributed by atoms with Gasteiger partial charge in [-0.2, -0.15) is 4.98 Å². The van der Waals surface area contributed by atoms with Crippen LogP contribution in [-0.4, -0.2) is 9.97 Å². The number of benzene rings is 1. The van der Waals surface area contributed by atoms with Crippen LogP contribution in [0.25, 0.3) is 22.7 Å². The molecule has 0 fully saturated rings. The van der Waals surface area contributed by atoms with E-state index in [0.29, 0.717) is 22.8 Å². The van der Waals surface area contributed by atoms with Gasteiger partial charge in [0.25, 0.3) is 0 Å². The Morgan fingerprint density at radius 3 is 2.78 bits per heavy atom. The molecule has 0 amide bonds. The van der Waals surface area contributed by atoms with E-state index in [-0.39, 0.29) is 0 Å². The number of fused-ring (bicyclic) bond motifs is 1. The lowest BCUT2D eigenvalue weighted by Crippen LogP contribution is -1.89. The first-order valence-corrected chi connectivity index (χ1v) is 6.22. The Labute approximate surface area is 112 Å². The van der Waals surface area contributed by atoms with Crippen molar-refractivity contribution in [2.75, 3.05) is 5.73 Å². The van der Waals surface area contributed by atoms with Crippen LogP contribution in [0.5, 0.6) is 0 Å². The molecule has 5 heteroatoms. The van der Waals surface area contributed by atoms with Gasteiger partial charge in [-0.25, -0.2) is 4.98 Å². The van der Waals surface area contributed by atoms with E-state index >= 15 is 0 Å². The van der Waals surface area contributed by atoms with Gasteiger partial charge < -0.3 is 10.2 Å². The zero-order chi connectivity index (χ0) is 12.7. The maximum atomic E-state index is 5.95. The van der Waals surface area contributed by atoms with Crippen molar-refractivity contribution in [1.82, 2.24) is 9.97 Å². The molecule has 4 nitrogen and oxygen atoms in total. The van der Waals surface area contributed by atoms with Crippen molar-refractivity contribution in [3.63, 3.8) is 0 Å². The van der Waals surface area contributed by atoms with Gasteiger partial charge >= 0.3 is 0 Å². The molecule has 3 rings (SSSR count). The second-order valence-corrected chi connectivity index (χ2v) is 4.94. The topological polar surface area (TPSA) is 64.9 Å². The molecule has 0 bridgehead atoms. The highest BCUT2D eigenvalue weighted by Crippen LogP contribution is 2.30. The monoisotopic (exact) mass is 303 g/mol. The Hall–Kier alpha value is -1.88. The summed E-state index contributed by atoms with van der Waals surface area (Å²) in [4.78, 5) is 8.68. The number of oxazole rings is 1. The standard InChI is InChI=1S/C13H10BrN3O/c1-7-2-5-11-12(16-7)17-13(18-11)9-4-3-8(14)6-10(9)15/h2-6H,15H2,1H3. The van der Waals surface area contributed by atoms with Gasteiger partial charge in [0.2, 0.25) is 5.89 Å². The third-order valence-electron chi connectivity index (χ3n) is 2.64. The first-order chi connectivity index (χ1) is 8.63. The van der Waals surface area contributed by atoms with Crippen molar-refractivity contribution >= 4 is 32.8 Å². The van der Waals surface area contributed by atoms with E-state index < -0.39 is 0 Å². The van der Waals surface area contributed by atoms with Crippen molar-refractivity contribution in [3.05, 3.63) is 40.5 Å². The smallest absolute Gasteiger partial charge is 0.230 e. The van der Waals surface area contributed by atoms with Gasteiger partial charge in [-0.3, -0.25) is 0 Å². The van der Waals surface area contributed by atoms with E-state index in [1.807, 2.05) is 37.3 Å². The average Bonchev–Trinajstić information content (AvgIpc) is 2.71. The van der Waals surface area contributed by atoms with Crippen LogP contribution in [0.3, 0.4) is 0 Å². The Bertz CT molecular complexity index is 736. The molecule has 0 saturated heterocycles. The Morgan fingerprint density at radius 1 is 1.17 bits per heavy atom. The Balaban J connectivity index is 2.19. The lowest BCUT2D eigenvalue weighted by molar-refractivity contribution is 0.620. The van der Waals surface area contributed by atoms with Crippen LogP contribution in [0.15, 0.2) is 39.2 Å². The summed E-state index contributed by atoms with van der Waals surface area (Å²) in [5.74, 6) is 0.494. The molecule has 0 atom stereocenters. The minimum absolute atomic E-state index is 0.494. The Kier molecular flexibility index (Phi) is 2.56. The molecular formula is C13H10BrN3O. The third-order valence-corrected chi connectivity index (χ3v) is 3.13. The van der Waals surface area contributed by atoms with Crippen molar-refractivity contribution in [2.45, 2.75) is 6.92 Å². The molecule has 2 N–H and O–H groups in total. The SMILES string of the molecule is Cc1ccc2oc(-c3ccc(Br)cc3N)nc2n1. The number of nitrogens with two attached hydrogens (primary N) is 1. The molecule has 90 valence electrons. The predicted octanol–water partition coefficient (Wildman–Crippen LogP) is 3.54. The van der Waals surface area contributed by atoms with Gasteiger partial charge in [0.05, 0.1) is 5.56 Å². The molecule has 0 aliphatic heterocycles. The summed E-state index contributed by atoms with van der Waals surface area (Å²) in [5.41, 5.74) is 9.52. The van der Waals surface area contributed by atoms with Crippen LogP contribution in [0.1, 0.15) is 5.69 Å². The number of anilines is 1. The zero-order valence-corrected chi connectivity index (χ0v) is 11.2. The highest BCUT2D eigenvalue weighted by atomic mass is 79.9. The van der Waals surface area contributed by atoms with Crippen LogP contribution in [0.2, 0.25) is 0 Å². The first-order valence-electron chi connectivity index (χ1n) is 5.43. The summed E-state index contributed by atoms with van der Waals surface area (Å²) in [5, 5.41) is 0. The van der Waals surface area contributed by atoms with Gasteiger partial charge in [0, 0.05) is 15.9 Å². The van der Waals surface area contributed by atoms with Crippen molar-refractivity contribution in [2.24, 2.45) is 0 Å². The molecule has 18 heavy (non-hydrogen) atoms. The summed E-state index contributed by atoms with van der Waals surface area (Å²) >= 11 is 3.37. The molecular weight excluding hydrogens is 294 g/mol. The van der Waals surface area contributed by atoms with E-state index in [4.69, 9.17) is 10.2 Å². The zero-order valence-electron chi connectivity index (χ0n) is 9.64. The lowest BCUT2D eigenvalue weighted by atomic mass is 10.2. The van der Waals surface area contributed by atoms with E-state index in [0.717, 1.165) is 15.7 Å². The molecule has 0 unspecified atom stereocenters. The number of nitrogen functional groups attached to an aromatic ring is 1. The van der Waals surface area contributed by atoms with Crippen LogP contribution in [0, 0.1) is 6.92 Å². The number of halogens is 1. The minimum atomic E-state index is 0.494. The fraction of sp³-hybridized carbons (Fsp3) is 0.0769. The van der Waals surface area contributed by atoms with E-state index in [1.54, 1.807) is 0 Å². The molecule has 3 aromatic rings. The molecule has 0 spiro atoms. The lowest BCUT2D eigenvalue weighted by Gasteiger charge is -2.00. The molecule has 1 aromatic carbocycles. The number of aryl methyl sites for hydroxylation is 1. The highest BCUT2D eigenvalue weighted by molar-refractivity contribution is 9.10. The summed E-state index contributed by atoms with van der Waals surface area (Å²) in [7, 11) is 0. The molecule has 0 saturated carbocycles. The van der Waals surface area contributed by atoms with Crippen LogP contribution in [0.4, 0.5) is 5.69 Å². The average molecular weight is 304 g/mol. The molecule has 2 aromatic heterocycles. The van der Waals surface area contributed by atoms with E-state index in [2.05, 4.69) is 25.9 Å². The maximum absolute atomic E-state index is 5.95. The highest BCUT2D eigenvalue weighted by Gasteiger charge is 2.12. The number of nitrogens with zero attached hydrogens (tertiary/aromatic N) is 2. The van der Waals surface area contributed by atoms with Gasteiger partial charge in [-0.1, -0.05) is 15.9 Å². The van der Waals surface area contributed by atoms with Gasteiger partial charge in [0.1, 0.15) is 0 Å². The third kappa shape index (κ3) is 1.86. The molecule has 0 aliphatic carbocycles. The van der Waals surface area contributed by atoms with Crippen LogP contribution >= 0.6 is 15.9 Å². The second-order valence-electron chi connectivity index (χ2n) is 4.02. The number of rotatable bonds is 1. The summed E-state index contributed by atoms with van der Waals surface area (Å²) < 4.78 is 6.59. The fourth-order valence-corrected chi connectivity index (χ4v) is 2.14. The first kappa shape index (κ1) is 11.2. The van der Waals surface area contributed by atoms with Crippen molar-refractivity contribution < 1.29 is 4.42 Å². The van der Waals surface area contributed by atoms with Crippen LogP contribution in [-0.2, 0) is 0 Å². The van der Waals surface area contributed by atoms with Gasteiger partial charge in [0.15, 0.2) is 11.2 Å². The van der Waals surface area contributed by atoms with Gasteiger partial charge in [-0.15, -0.1) is 0 Å². The number of hydrogen-bond acceptors (Lipinski definition) is 4. The second kappa shape index (κ2) is 4.10. The van der Waals surface area contributed by atoms with Crippen LogP contribution < -0.4 is 5.73 Å². The summed E-state index contributed by atoms with van der Waals surface area (Å²) in [6.07, 6.45) is 0. The largest absolute Gasteiger partial charge is 0.434 e. The van der Waals surface area contributed by atoms with Crippen molar-refractivity contribution in [1.29, 1.82) is 0 Å². The molecule has 0 aliphatic rings. The minimum Gasteiger partial charge on any atom is -0.434 e. The fourth-order valence-electron chi connectivity index (χ4n) is 1.76. The van der Waals surface area contributed by atoms with E-state index in [9.17, 15) is 0 Å². The summed E-state index contributed by atoms with van der Waals surface area (Å²) in [6, 6.07) is 9.35.